The molecule has 12 aromatic rings. The van der Waals surface area contributed by atoms with E-state index in [1.54, 1.807) is 5.56 Å². The van der Waals surface area contributed by atoms with Crippen molar-refractivity contribution in [3.05, 3.63) is 337 Å². The minimum Gasteiger partial charge on any atom is -0.309 e. The topological polar surface area (TPSA) is 9.72 Å². The molecule has 0 spiro atoms. The zero-order chi connectivity index (χ0) is 78.7. The van der Waals surface area contributed by atoms with Crippen LogP contribution >= 0.6 is 0 Å². The van der Waals surface area contributed by atoms with Gasteiger partial charge >= 0.3 is 0 Å². The molecule has 9 aliphatic rings. The second-order valence-electron chi connectivity index (χ2n) is 24.5. The van der Waals surface area contributed by atoms with Crippen LogP contribution in [-0.2, 0) is 57.8 Å². The van der Waals surface area contributed by atoms with Crippen molar-refractivity contribution in [2.75, 3.05) is 14.7 Å². The van der Waals surface area contributed by atoms with Crippen LogP contribution in [0.2, 0.25) is 0 Å². The summed E-state index contributed by atoms with van der Waals surface area (Å²) in [6.07, 6.45) is 9.34. The molecule has 6 heterocycles. The normalized spacial score (nSPS) is 12.1. The molecular weight excluding hydrogens is 1300 g/mol. The van der Waals surface area contributed by atoms with Crippen molar-refractivity contribution in [1.29, 1.82) is 0 Å². The van der Waals surface area contributed by atoms with Crippen LogP contribution in [0.15, 0.2) is 237 Å². The summed E-state index contributed by atoms with van der Waals surface area (Å²) in [6.45, 7) is 48.0. The fourth-order valence-electron chi connectivity index (χ4n) is 16.6. The van der Waals surface area contributed by atoms with E-state index in [2.05, 4.69) is 251 Å². The predicted molar refractivity (Wildman–Crippen MR) is 481 cm³/mol. The van der Waals surface area contributed by atoms with Crippen LogP contribution in [0.4, 0.5) is 51.2 Å². The van der Waals surface area contributed by atoms with Crippen LogP contribution in [0.25, 0.3) is 33.4 Å². The lowest BCUT2D eigenvalue weighted by molar-refractivity contribution is 0.994. The van der Waals surface area contributed by atoms with Gasteiger partial charge in [-0.2, -0.15) is 0 Å². The van der Waals surface area contributed by atoms with Crippen molar-refractivity contribution >= 4 is 51.2 Å². The number of benzene rings is 12. The number of fused-ring (bicyclic) bond motifs is 24. The molecule has 108 heavy (non-hydrogen) atoms. The van der Waals surface area contributed by atoms with Gasteiger partial charge in [-0.1, -0.05) is 360 Å². The Morgan fingerprint density at radius 1 is 0.157 bits per heavy atom. The molecule has 0 N–H and O–H groups in total. The van der Waals surface area contributed by atoms with Crippen LogP contribution in [-0.4, -0.2) is 0 Å². The summed E-state index contributed by atoms with van der Waals surface area (Å²) in [4.78, 5) is 7.60. The molecule has 21 rings (SSSR count). The summed E-state index contributed by atoms with van der Waals surface area (Å²) in [5, 5.41) is 0. The highest BCUT2D eigenvalue weighted by Crippen LogP contribution is 2.58. The SMILES string of the molecule is CC.CC.CC.CC.CC.CC.CC.CC.CC.CC.CC.CC.c1ccc2c(c1)Cc1c-2cc2c3c1Cc1ccccc1N3c1ccccc1C2.c1ccc2c(c1)Cc1c-2ccc2c1Cc1cccc3c1N2c1ccccc1C3.c1ccc2c(c1)Cc1ccc3c(c1-2)Cc1cccc2c1N3c1ccccc1C2. The molecule has 6 aliphatic heterocycles. The number of nitrogens with zero attached hydrogens (tertiary/aromatic N) is 3. The molecule has 0 unspecified atom stereocenters. The maximum Gasteiger partial charge on any atom is 0.0535 e. The Balaban J connectivity index is 0.000000198. The van der Waals surface area contributed by atoms with E-state index in [-0.39, 0.29) is 0 Å². The first kappa shape index (κ1) is 85.3. The quantitative estimate of drug-likeness (QED) is 0.150. The molecule has 0 saturated carbocycles. The van der Waals surface area contributed by atoms with Gasteiger partial charge in [0.05, 0.1) is 28.4 Å². The van der Waals surface area contributed by atoms with Crippen LogP contribution in [0.5, 0.6) is 0 Å². The predicted octanol–water partition coefficient (Wildman–Crippen LogP) is 31.9. The van der Waals surface area contributed by atoms with Gasteiger partial charge < -0.3 is 14.7 Å². The van der Waals surface area contributed by atoms with Gasteiger partial charge in [0.25, 0.3) is 0 Å². The van der Waals surface area contributed by atoms with E-state index < -0.39 is 0 Å². The summed E-state index contributed by atoms with van der Waals surface area (Å²) >= 11 is 0. The first-order valence-electron chi connectivity index (χ1n) is 42.3. The van der Waals surface area contributed by atoms with Crippen molar-refractivity contribution in [1.82, 2.24) is 0 Å². The average Bonchev–Trinajstić information content (AvgIpc) is 1.33. The van der Waals surface area contributed by atoms with Crippen molar-refractivity contribution in [3.8, 4) is 33.4 Å². The molecule has 12 aromatic carbocycles. The fourth-order valence-corrected chi connectivity index (χ4v) is 16.6. The van der Waals surface area contributed by atoms with Crippen LogP contribution in [0.1, 0.15) is 266 Å². The van der Waals surface area contributed by atoms with Crippen molar-refractivity contribution in [2.24, 2.45) is 0 Å². The molecule has 0 atom stereocenters. The van der Waals surface area contributed by atoms with Crippen molar-refractivity contribution in [2.45, 2.75) is 224 Å². The molecule has 0 aromatic heterocycles. The number of hydrogen-bond acceptors (Lipinski definition) is 3. The number of rotatable bonds is 0. The Labute approximate surface area is 655 Å². The lowest BCUT2D eigenvalue weighted by Crippen LogP contribution is -2.25. The number of anilines is 9. The highest BCUT2D eigenvalue weighted by Gasteiger charge is 2.39. The fraction of sp³-hybridized carbons (Fsp3) is 0.314. The van der Waals surface area contributed by atoms with E-state index in [1.807, 2.05) is 166 Å². The summed E-state index contributed by atoms with van der Waals surface area (Å²) in [7, 11) is 0. The maximum absolute atomic E-state index is 2.53. The third-order valence-corrected chi connectivity index (χ3v) is 20.1. The second kappa shape index (κ2) is 42.0. The standard InChI is InChI=1S/3C27H19N.12C2H6/c1-4-10-21-17(7-1)14-23-22(21)16-20-13-18-8-2-5-11-25(18)28-26-12-6-3-9-19(26)15-24(23)27(20)28;1-3-10-21-17(6-1)15-23-22(21)12-13-26-24(23)16-20-9-5-8-19-14-18-7-2-4-11-25(18)28(26)27(19)20;1-3-10-22-17(6-1)14-19-12-13-25-23(26(19)22)16-21-9-5-8-20-15-18-7-2-4-11-24(18)28(25)27(20)21;12*1-2/h1-12,16H,13-15H2;2*1-13H,14-16H2;12*1-2H3. The van der Waals surface area contributed by atoms with Crippen LogP contribution in [0, 0.1) is 0 Å². The third kappa shape index (κ3) is 16.0. The maximum atomic E-state index is 2.53. The highest BCUT2D eigenvalue weighted by molar-refractivity contribution is 5.97. The van der Waals surface area contributed by atoms with Crippen molar-refractivity contribution in [3.63, 3.8) is 0 Å². The van der Waals surface area contributed by atoms with E-state index in [4.69, 9.17) is 0 Å². The Morgan fingerprint density at radius 2 is 0.435 bits per heavy atom. The lowest BCUT2D eigenvalue weighted by atomic mass is 9.82. The molecule has 0 fully saturated rings. The zero-order valence-corrected chi connectivity index (χ0v) is 70.7. The molecule has 0 amide bonds. The monoisotopic (exact) mass is 1430 g/mol. The Morgan fingerprint density at radius 3 is 0.880 bits per heavy atom. The van der Waals surface area contributed by atoms with Gasteiger partial charge in [0.2, 0.25) is 0 Å². The van der Waals surface area contributed by atoms with Crippen LogP contribution < -0.4 is 14.7 Å². The first-order chi connectivity index (χ1) is 53.6. The summed E-state index contributed by atoms with van der Waals surface area (Å²) in [6, 6.07) is 88.1. The van der Waals surface area contributed by atoms with E-state index in [0.29, 0.717) is 0 Å². The lowest BCUT2D eigenvalue weighted by Gasteiger charge is -2.40. The van der Waals surface area contributed by atoms with Gasteiger partial charge in [-0.05, 0) is 195 Å². The third-order valence-electron chi connectivity index (χ3n) is 20.1. The minimum absolute atomic E-state index is 1.02. The minimum atomic E-state index is 1.02. The van der Waals surface area contributed by atoms with Gasteiger partial charge in [-0.25, -0.2) is 0 Å². The van der Waals surface area contributed by atoms with Crippen LogP contribution in [0.3, 0.4) is 0 Å². The number of para-hydroxylation sites is 6. The smallest absolute Gasteiger partial charge is 0.0535 e. The van der Waals surface area contributed by atoms with Gasteiger partial charge in [0.15, 0.2) is 0 Å². The summed E-state index contributed by atoms with van der Waals surface area (Å²) in [5.41, 5.74) is 47.5. The Kier molecular flexibility index (Phi) is 33.1. The molecule has 3 aliphatic carbocycles. The van der Waals surface area contributed by atoms with E-state index in [1.165, 1.54) is 179 Å². The van der Waals surface area contributed by atoms with Crippen molar-refractivity contribution < 1.29 is 0 Å². The Bertz CT molecular complexity index is 4840. The van der Waals surface area contributed by atoms with E-state index in [0.717, 1.165) is 57.8 Å². The largest absolute Gasteiger partial charge is 0.309 e. The van der Waals surface area contributed by atoms with Gasteiger partial charge in [-0.15, -0.1) is 0 Å². The summed E-state index contributed by atoms with van der Waals surface area (Å²) in [5.74, 6) is 0. The highest BCUT2D eigenvalue weighted by atomic mass is 15.2. The Hall–Kier alpha value is -9.96. The molecule has 0 radical (unpaired) electrons. The molecule has 0 saturated heterocycles. The first-order valence-corrected chi connectivity index (χ1v) is 42.3. The van der Waals surface area contributed by atoms with E-state index in [9.17, 15) is 0 Å². The molecular formula is C105H129N3. The number of hydrogen-bond donors (Lipinski definition) is 0. The van der Waals surface area contributed by atoms with Gasteiger partial charge in [-0.3, -0.25) is 0 Å². The summed E-state index contributed by atoms with van der Waals surface area (Å²) < 4.78 is 0. The zero-order valence-electron chi connectivity index (χ0n) is 70.7. The molecule has 3 nitrogen and oxygen atoms in total. The molecule has 564 valence electrons. The molecule has 3 heteroatoms. The van der Waals surface area contributed by atoms with E-state index >= 15 is 0 Å². The molecule has 0 bridgehead atoms. The average molecular weight is 1430 g/mol. The second-order valence-corrected chi connectivity index (χ2v) is 24.5. The van der Waals surface area contributed by atoms with Gasteiger partial charge in [0, 0.05) is 61.3 Å². The van der Waals surface area contributed by atoms with Gasteiger partial charge in [0.1, 0.15) is 0 Å².